The first kappa shape index (κ1) is 31.0. The molecule has 4 aromatic carbocycles. The molecule has 2 fully saturated rings. The summed E-state index contributed by atoms with van der Waals surface area (Å²) in [6.45, 7) is 3.59. The standard InChI is InChI=1S/C39H34N2O7/c1-3-22-47-36(43)32-34-37(44)48-35(26-14-8-5-9-15-26)33(25-12-6-4-7-13-25)41(34)31(21-19-24-18-20-29(42)30(23-24)46-2)39(32)27-16-10-11-17-28(27)40-38(39)45/h3-21,23,31-35,42H,1,22H2,2H3,(H,40,45)/b21-19+/t31-,32+,33+,34+,35-,39-/m1/s1. The highest BCUT2D eigenvalue weighted by atomic mass is 16.6. The molecule has 0 aliphatic carbocycles. The van der Waals surface area contributed by atoms with Crippen molar-refractivity contribution in [3.8, 4) is 11.5 Å². The maximum atomic E-state index is 14.7. The van der Waals surface area contributed by atoms with E-state index >= 15 is 0 Å². The minimum absolute atomic E-state index is 0.0187. The maximum absolute atomic E-state index is 14.7. The van der Waals surface area contributed by atoms with E-state index in [0.29, 0.717) is 16.8 Å². The molecule has 242 valence electrons. The lowest BCUT2D eigenvalue weighted by molar-refractivity contribution is -0.179. The van der Waals surface area contributed by atoms with Gasteiger partial charge in [0, 0.05) is 11.7 Å². The van der Waals surface area contributed by atoms with Gasteiger partial charge in [-0.25, -0.2) is 0 Å². The summed E-state index contributed by atoms with van der Waals surface area (Å²) in [5.41, 5.74) is 1.84. The number of amides is 1. The second-order valence-corrected chi connectivity index (χ2v) is 12.0. The van der Waals surface area contributed by atoms with Crippen molar-refractivity contribution in [1.82, 2.24) is 4.90 Å². The fourth-order valence-corrected chi connectivity index (χ4v) is 7.62. The van der Waals surface area contributed by atoms with E-state index in [1.807, 2.05) is 95.9 Å². The maximum Gasteiger partial charge on any atom is 0.325 e. The molecule has 2 N–H and O–H groups in total. The molecule has 2 saturated heterocycles. The van der Waals surface area contributed by atoms with Crippen LogP contribution in [0.15, 0.2) is 122 Å². The number of nitrogens with zero attached hydrogens (tertiary/aromatic N) is 1. The number of esters is 2. The van der Waals surface area contributed by atoms with Crippen LogP contribution < -0.4 is 10.1 Å². The van der Waals surface area contributed by atoms with Crippen LogP contribution >= 0.6 is 0 Å². The number of carbonyl (C=O) groups is 3. The van der Waals surface area contributed by atoms with Crippen LogP contribution in [0.2, 0.25) is 0 Å². The zero-order valence-electron chi connectivity index (χ0n) is 26.2. The monoisotopic (exact) mass is 642 g/mol. The molecule has 1 amide bonds. The average molecular weight is 643 g/mol. The number of anilines is 1. The highest BCUT2D eigenvalue weighted by molar-refractivity contribution is 6.11. The van der Waals surface area contributed by atoms with Gasteiger partial charge in [-0.2, -0.15) is 0 Å². The number of aromatic hydroxyl groups is 1. The van der Waals surface area contributed by atoms with Crippen molar-refractivity contribution in [2.75, 3.05) is 19.0 Å². The van der Waals surface area contributed by atoms with E-state index in [-0.39, 0.29) is 18.1 Å². The Labute approximate surface area is 278 Å². The van der Waals surface area contributed by atoms with E-state index < -0.39 is 53.4 Å². The first-order valence-corrected chi connectivity index (χ1v) is 15.7. The smallest absolute Gasteiger partial charge is 0.325 e. The number of rotatable bonds is 8. The largest absolute Gasteiger partial charge is 0.504 e. The fourth-order valence-electron chi connectivity index (χ4n) is 7.62. The van der Waals surface area contributed by atoms with E-state index in [1.165, 1.54) is 19.3 Å². The van der Waals surface area contributed by atoms with E-state index in [0.717, 1.165) is 11.1 Å². The third-order valence-corrected chi connectivity index (χ3v) is 9.55. The van der Waals surface area contributed by atoms with Crippen LogP contribution in [0.5, 0.6) is 11.5 Å². The van der Waals surface area contributed by atoms with Crippen LogP contribution in [0.4, 0.5) is 5.69 Å². The zero-order chi connectivity index (χ0) is 33.4. The molecule has 9 nitrogen and oxygen atoms in total. The third-order valence-electron chi connectivity index (χ3n) is 9.55. The quantitative estimate of drug-likeness (QED) is 0.185. The fraction of sp³-hybridized carbons (Fsp3) is 0.205. The van der Waals surface area contributed by atoms with Gasteiger partial charge in [0.1, 0.15) is 30.1 Å². The summed E-state index contributed by atoms with van der Waals surface area (Å²) in [6.07, 6.45) is 4.36. The molecule has 4 aromatic rings. The summed E-state index contributed by atoms with van der Waals surface area (Å²) in [4.78, 5) is 45.4. The number of methoxy groups -OCH3 is 1. The molecular formula is C39H34N2O7. The Morgan fingerprint density at radius 1 is 0.958 bits per heavy atom. The van der Waals surface area contributed by atoms with Gasteiger partial charge in [-0.05, 0) is 40.5 Å². The number of carbonyl (C=O) groups excluding carboxylic acids is 3. The normalized spacial score (nSPS) is 26.1. The van der Waals surface area contributed by atoms with Crippen molar-refractivity contribution in [2.45, 2.75) is 29.6 Å². The van der Waals surface area contributed by atoms with Crippen LogP contribution in [-0.2, 0) is 29.3 Å². The SMILES string of the molecule is C=CCOC(=O)[C@@H]1[C@H]2C(=O)O[C@H](c3ccccc3)[C@H](c3ccccc3)N2[C@H](/C=C/c2ccc(O)c(OC)c2)[C@@]12C(=O)Nc1ccccc12. The predicted molar refractivity (Wildman–Crippen MR) is 179 cm³/mol. The number of para-hydroxylation sites is 1. The summed E-state index contributed by atoms with van der Waals surface area (Å²) in [5, 5.41) is 13.3. The lowest BCUT2D eigenvalue weighted by atomic mass is 9.67. The first-order chi connectivity index (χ1) is 23.4. The predicted octanol–water partition coefficient (Wildman–Crippen LogP) is 5.74. The first-order valence-electron chi connectivity index (χ1n) is 15.7. The highest BCUT2D eigenvalue weighted by Crippen LogP contribution is 2.60. The molecule has 0 unspecified atom stereocenters. The van der Waals surface area contributed by atoms with E-state index in [4.69, 9.17) is 14.2 Å². The summed E-state index contributed by atoms with van der Waals surface area (Å²) in [5.74, 6) is -2.78. The van der Waals surface area contributed by atoms with Crippen LogP contribution in [0, 0.1) is 5.92 Å². The van der Waals surface area contributed by atoms with Crippen LogP contribution in [-0.4, -0.2) is 53.7 Å². The summed E-state index contributed by atoms with van der Waals surface area (Å²) in [6, 6.07) is 28.6. The van der Waals surface area contributed by atoms with Crippen molar-refractivity contribution in [2.24, 2.45) is 5.92 Å². The number of phenols is 1. The topological polar surface area (TPSA) is 114 Å². The van der Waals surface area contributed by atoms with Crippen LogP contribution in [0.3, 0.4) is 0 Å². The molecule has 1 spiro atoms. The van der Waals surface area contributed by atoms with Gasteiger partial charge in [0.2, 0.25) is 5.91 Å². The summed E-state index contributed by atoms with van der Waals surface area (Å²) >= 11 is 0. The molecule has 3 aliphatic heterocycles. The Hall–Kier alpha value is -5.67. The Morgan fingerprint density at radius 2 is 1.65 bits per heavy atom. The Kier molecular flexibility index (Phi) is 8.06. The molecule has 0 aromatic heterocycles. The number of phenolic OH excluding ortho intramolecular Hbond substituents is 1. The van der Waals surface area contributed by atoms with Crippen molar-refractivity contribution in [3.05, 3.63) is 144 Å². The van der Waals surface area contributed by atoms with Gasteiger partial charge in [0.25, 0.3) is 0 Å². The molecule has 9 heteroatoms. The van der Waals surface area contributed by atoms with Crippen molar-refractivity contribution in [3.63, 3.8) is 0 Å². The molecule has 0 bridgehead atoms. The summed E-state index contributed by atoms with van der Waals surface area (Å²) < 4.78 is 17.3. The number of hydrogen-bond acceptors (Lipinski definition) is 8. The Balaban J connectivity index is 1.51. The van der Waals surface area contributed by atoms with E-state index in [2.05, 4.69) is 11.9 Å². The van der Waals surface area contributed by atoms with Gasteiger partial charge in [0.15, 0.2) is 11.5 Å². The minimum Gasteiger partial charge on any atom is -0.504 e. The number of ether oxygens (including phenoxy) is 3. The van der Waals surface area contributed by atoms with Gasteiger partial charge in [-0.3, -0.25) is 19.3 Å². The molecule has 6 atom stereocenters. The van der Waals surface area contributed by atoms with Crippen LogP contribution in [0.25, 0.3) is 6.08 Å². The van der Waals surface area contributed by atoms with Crippen molar-refractivity contribution in [1.29, 1.82) is 0 Å². The number of morpholine rings is 1. The Bertz CT molecular complexity index is 1910. The second kappa shape index (κ2) is 12.5. The zero-order valence-corrected chi connectivity index (χ0v) is 26.2. The number of benzene rings is 4. The van der Waals surface area contributed by atoms with Crippen molar-refractivity contribution >= 4 is 29.6 Å². The molecule has 0 saturated carbocycles. The Morgan fingerprint density at radius 3 is 2.35 bits per heavy atom. The van der Waals surface area contributed by atoms with Gasteiger partial charge in [-0.15, -0.1) is 0 Å². The minimum atomic E-state index is -1.59. The number of nitrogens with one attached hydrogen (secondary N) is 1. The van der Waals surface area contributed by atoms with E-state index in [9.17, 15) is 19.5 Å². The van der Waals surface area contributed by atoms with Crippen LogP contribution in [0.1, 0.15) is 34.4 Å². The average Bonchev–Trinajstić information content (AvgIpc) is 3.59. The molecule has 48 heavy (non-hydrogen) atoms. The lowest BCUT2D eigenvalue weighted by Crippen LogP contribution is -2.53. The number of cyclic esters (lactones) is 1. The van der Waals surface area contributed by atoms with Gasteiger partial charge in [0.05, 0.1) is 13.2 Å². The van der Waals surface area contributed by atoms with Crippen molar-refractivity contribution < 1.29 is 33.7 Å². The molecule has 7 rings (SSSR count). The van der Waals surface area contributed by atoms with Gasteiger partial charge < -0.3 is 24.6 Å². The van der Waals surface area contributed by atoms with Gasteiger partial charge >= 0.3 is 11.9 Å². The lowest BCUT2D eigenvalue weighted by Gasteiger charge is -2.45. The number of fused-ring (bicyclic) bond motifs is 3. The molecule has 3 aliphatic rings. The molecular weight excluding hydrogens is 608 g/mol. The second-order valence-electron chi connectivity index (χ2n) is 12.0. The summed E-state index contributed by atoms with van der Waals surface area (Å²) in [7, 11) is 1.46. The van der Waals surface area contributed by atoms with Gasteiger partial charge in [-0.1, -0.05) is 110 Å². The third kappa shape index (κ3) is 4.86. The van der Waals surface area contributed by atoms with E-state index in [1.54, 1.807) is 18.2 Å². The highest BCUT2D eigenvalue weighted by Gasteiger charge is 2.73. The molecule has 3 heterocycles. The molecule has 0 radical (unpaired) electrons. The number of hydrogen-bond donors (Lipinski definition) is 2.